The standard InChI is InChI=1S/C16H18N2O3/c1-18(10-12-7-5-11(9-17)6-8-12)15(19)13-3-2-4-14(13)16(20)21/h5-8,13-14H,2-4,10H2,1H3,(H,20,21). The Balaban J connectivity index is 2.02. The summed E-state index contributed by atoms with van der Waals surface area (Å²) in [6.45, 7) is 0.424. The monoisotopic (exact) mass is 286 g/mol. The van der Waals surface area contributed by atoms with Crippen LogP contribution in [-0.4, -0.2) is 28.9 Å². The number of carbonyl (C=O) groups excluding carboxylic acids is 1. The quantitative estimate of drug-likeness (QED) is 0.918. The third-order valence-electron chi connectivity index (χ3n) is 4.03. The fourth-order valence-corrected chi connectivity index (χ4v) is 2.87. The molecule has 0 spiro atoms. The van der Waals surface area contributed by atoms with Crippen molar-refractivity contribution in [1.29, 1.82) is 5.26 Å². The Bertz CT molecular complexity index is 574. The molecule has 1 amide bonds. The van der Waals surface area contributed by atoms with Crippen LogP contribution in [0.25, 0.3) is 0 Å². The van der Waals surface area contributed by atoms with Crippen molar-refractivity contribution in [1.82, 2.24) is 4.90 Å². The van der Waals surface area contributed by atoms with Crippen molar-refractivity contribution in [2.75, 3.05) is 7.05 Å². The summed E-state index contributed by atoms with van der Waals surface area (Å²) in [5.74, 6) is -1.95. The van der Waals surface area contributed by atoms with Gasteiger partial charge in [0, 0.05) is 13.6 Å². The van der Waals surface area contributed by atoms with Gasteiger partial charge >= 0.3 is 5.97 Å². The Hall–Kier alpha value is -2.35. The molecule has 1 saturated carbocycles. The second-order valence-electron chi connectivity index (χ2n) is 5.49. The highest BCUT2D eigenvalue weighted by atomic mass is 16.4. The van der Waals surface area contributed by atoms with Gasteiger partial charge in [-0.25, -0.2) is 0 Å². The Labute approximate surface area is 123 Å². The fourth-order valence-electron chi connectivity index (χ4n) is 2.87. The van der Waals surface area contributed by atoms with E-state index in [-0.39, 0.29) is 5.91 Å². The Kier molecular flexibility index (Phi) is 4.59. The van der Waals surface area contributed by atoms with Crippen molar-refractivity contribution in [2.24, 2.45) is 11.8 Å². The number of rotatable bonds is 4. The van der Waals surface area contributed by atoms with Gasteiger partial charge in [-0.3, -0.25) is 9.59 Å². The summed E-state index contributed by atoms with van der Waals surface area (Å²) in [5, 5.41) is 17.9. The van der Waals surface area contributed by atoms with Crippen LogP contribution in [0, 0.1) is 23.2 Å². The molecule has 1 aliphatic carbocycles. The molecule has 1 fully saturated rings. The maximum atomic E-state index is 12.4. The minimum absolute atomic E-state index is 0.107. The van der Waals surface area contributed by atoms with E-state index in [2.05, 4.69) is 0 Å². The largest absolute Gasteiger partial charge is 0.481 e. The summed E-state index contributed by atoms with van der Waals surface area (Å²) in [5.41, 5.74) is 1.50. The lowest BCUT2D eigenvalue weighted by atomic mass is 9.94. The summed E-state index contributed by atoms with van der Waals surface area (Å²) >= 11 is 0. The van der Waals surface area contributed by atoms with Crippen LogP contribution in [-0.2, 0) is 16.1 Å². The fraction of sp³-hybridized carbons (Fsp3) is 0.438. The van der Waals surface area contributed by atoms with Gasteiger partial charge in [-0.2, -0.15) is 5.26 Å². The molecule has 5 nitrogen and oxygen atoms in total. The highest BCUT2D eigenvalue weighted by molar-refractivity contribution is 5.85. The Morgan fingerprint density at radius 1 is 1.29 bits per heavy atom. The predicted molar refractivity (Wildman–Crippen MR) is 76.1 cm³/mol. The normalized spacial score (nSPS) is 20.8. The first-order valence-electron chi connectivity index (χ1n) is 6.99. The molecular weight excluding hydrogens is 268 g/mol. The summed E-state index contributed by atoms with van der Waals surface area (Å²) in [6, 6.07) is 9.09. The minimum atomic E-state index is -0.877. The van der Waals surface area contributed by atoms with Crippen molar-refractivity contribution in [3.63, 3.8) is 0 Å². The van der Waals surface area contributed by atoms with Crippen molar-refractivity contribution < 1.29 is 14.7 Å². The highest BCUT2D eigenvalue weighted by Crippen LogP contribution is 2.33. The molecule has 110 valence electrons. The number of carbonyl (C=O) groups is 2. The van der Waals surface area contributed by atoms with Crippen LogP contribution in [0.3, 0.4) is 0 Å². The van der Waals surface area contributed by atoms with Crippen molar-refractivity contribution in [3.8, 4) is 6.07 Å². The lowest BCUT2D eigenvalue weighted by Gasteiger charge is -2.23. The number of nitriles is 1. The van der Waals surface area contributed by atoms with Gasteiger partial charge in [-0.15, -0.1) is 0 Å². The first-order chi connectivity index (χ1) is 10.0. The van der Waals surface area contributed by atoms with E-state index in [0.717, 1.165) is 12.0 Å². The number of carboxylic acid groups (broad SMARTS) is 1. The van der Waals surface area contributed by atoms with E-state index in [9.17, 15) is 9.59 Å². The van der Waals surface area contributed by atoms with Gasteiger partial charge < -0.3 is 10.0 Å². The molecule has 2 atom stereocenters. The van der Waals surface area contributed by atoms with E-state index < -0.39 is 17.8 Å². The average Bonchev–Trinajstić information content (AvgIpc) is 2.96. The summed E-state index contributed by atoms with van der Waals surface area (Å²) in [6.07, 6.45) is 2.02. The number of aliphatic carboxylic acids is 1. The van der Waals surface area contributed by atoms with Crippen molar-refractivity contribution >= 4 is 11.9 Å². The van der Waals surface area contributed by atoms with Gasteiger partial charge in [0.05, 0.1) is 23.5 Å². The molecule has 0 bridgehead atoms. The molecule has 0 aromatic heterocycles. The number of hydrogen-bond donors (Lipinski definition) is 1. The number of hydrogen-bond acceptors (Lipinski definition) is 3. The topological polar surface area (TPSA) is 81.4 Å². The van der Waals surface area contributed by atoms with Crippen LogP contribution in [0.15, 0.2) is 24.3 Å². The molecule has 1 aromatic rings. The summed E-state index contributed by atoms with van der Waals surface area (Å²) < 4.78 is 0. The van der Waals surface area contributed by atoms with Crippen LogP contribution in [0.1, 0.15) is 30.4 Å². The molecule has 0 aliphatic heterocycles. The number of carboxylic acids is 1. The number of benzene rings is 1. The molecule has 0 saturated heterocycles. The lowest BCUT2D eigenvalue weighted by Crippen LogP contribution is -2.36. The summed E-state index contributed by atoms with van der Waals surface area (Å²) in [4.78, 5) is 25.1. The lowest BCUT2D eigenvalue weighted by molar-refractivity contribution is -0.148. The zero-order valence-electron chi connectivity index (χ0n) is 12.0. The zero-order valence-corrected chi connectivity index (χ0v) is 12.0. The van der Waals surface area contributed by atoms with E-state index in [1.54, 1.807) is 24.1 Å². The molecular formula is C16H18N2O3. The maximum absolute atomic E-state index is 12.4. The third kappa shape index (κ3) is 3.40. The van der Waals surface area contributed by atoms with Crippen LogP contribution in [0.5, 0.6) is 0 Å². The summed E-state index contributed by atoms with van der Waals surface area (Å²) in [7, 11) is 1.69. The first-order valence-corrected chi connectivity index (χ1v) is 6.99. The van der Waals surface area contributed by atoms with Gasteiger partial charge in [-0.05, 0) is 30.5 Å². The van der Waals surface area contributed by atoms with Crippen molar-refractivity contribution in [3.05, 3.63) is 35.4 Å². The highest BCUT2D eigenvalue weighted by Gasteiger charge is 2.38. The van der Waals surface area contributed by atoms with E-state index in [4.69, 9.17) is 10.4 Å². The van der Waals surface area contributed by atoms with Crippen LogP contribution in [0.4, 0.5) is 0 Å². The van der Waals surface area contributed by atoms with Gasteiger partial charge in [0.15, 0.2) is 0 Å². The van der Waals surface area contributed by atoms with Crippen molar-refractivity contribution in [2.45, 2.75) is 25.8 Å². The molecule has 2 unspecified atom stereocenters. The van der Waals surface area contributed by atoms with Crippen LogP contribution < -0.4 is 0 Å². The minimum Gasteiger partial charge on any atom is -0.481 e. The zero-order chi connectivity index (χ0) is 15.4. The molecule has 1 aliphatic rings. The van der Waals surface area contributed by atoms with Gasteiger partial charge in [0.1, 0.15) is 0 Å². The molecule has 21 heavy (non-hydrogen) atoms. The Morgan fingerprint density at radius 2 is 1.90 bits per heavy atom. The average molecular weight is 286 g/mol. The van der Waals surface area contributed by atoms with Crippen LogP contribution in [0.2, 0.25) is 0 Å². The SMILES string of the molecule is CN(Cc1ccc(C#N)cc1)C(=O)C1CCCC1C(=O)O. The molecule has 5 heteroatoms. The van der Waals surface area contributed by atoms with E-state index >= 15 is 0 Å². The van der Waals surface area contributed by atoms with Gasteiger partial charge in [-0.1, -0.05) is 18.6 Å². The second kappa shape index (κ2) is 6.40. The Morgan fingerprint density at radius 3 is 2.48 bits per heavy atom. The predicted octanol–water partition coefficient (Wildman–Crippen LogP) is 2.02. The van der Waals surface area contributed by atoms with E-state index in [1.165, 1.54) is 0 Å². The molecule has 1 aromatic carbocycles. The molecule has 0 radical (unpaired) electrons. The van der Waals surface area contributed by atoms with E-state index in [1.807, 2.05) is 18.2 Å². The number of amides is 1. The maximum Gasteiger partial charge on any atom is 0.307 e. The van der Waals surface area contributed by atoms with Crippen LogP contribution >= 0.6 is 0 Å². The third-order valence-corrected chi connectivity index (χ3v) is 4.03. The number of nitrogens with zero attached hydrogens (tertiary/aromatic N) is 2. The molecule has 0 heterocycles. The van der Waals surface area contributed by atoms with Gasteiger partial charge in [0.2, 0.25) is 5.91 Å². The van der Waals surface area contributed by atoms with E-state index in [0.29, 0.717) is 24.9 Å². The molecule has 2 rings (SSSR count). The molecule has 1 N–H and O–H groups in total. The van der Waals surface area contributed by atoms with Gasteiger partial charge in [0.25, 0.3) is 0 Å². The first kappa shape index (κ1) is 15.0. The smallest absolute Gasteiger partial charge is 0.307 e. The second-order valence-corrected chi connectivity index (χ2v) is 5.49.